The maximum atomic E-state index is 11.1. The smallest absolute Gasteiger partial charge is 0.173 e. The molecular weight excluding hydrogens is 419 g/mol. The molecule has 28 heavy (non-hydrogen) atoms. The van der Waals surface area contributed by atoms with E-state index in [0.717, 1.165) is 5.56 Å². The molecule has 4 rings (SSSR count). The Bertz CT molecular complexity index is 1110. The highest BCUT2D eigenvalue weighted by Gasteiger charge is 2.27. The molecule has 1 atom stereocenters. The van der Waals surface area contributed by atoms with Gasteiger partial charge in [-0.15, -0.1) is 0 Å². The normalized spacial score (nSPS) is 12.1. The van der Waals surface area contributed by atoms with Crippen LogP contribution in [0.3, 0.4) is 0 Å². The number of rotatable bonds is 4. The number of aromatic nitrogens is 2. The molecule has 0 bridgehead atoms. The highest BCUT2D eigenvalue weighted by atomic mass is 35.5. The fourth-order valence-corrected chi connectivity index (χ4v) is 3.56. The second-order valence-corrected chi connectivity index (χ2v) is 7.37. The molecule has 0 radical (unpaired) electrons. The third-order valence-electron chi connectivity index (χ3n) is 4.29. The SMILES string of the molecule is OC(c1cccnc1)c1c(-c2ccc(Cl)cc2Cl)noc1-c1ccc(Cl)cc1. The first kappa shape index (κ1) is 19.0. The van der Waals surface area contributed by atoms with E-state index < -0.39 is 6.10 Å². The van der Waals surface area contributed by atoms with E-state index in [0.29, 0.717) is 43.2 Å². The first-order chi connectivity index (χ1) is 13.5. The third-order valence-corrected chi connectivity index (χ3v) is 5.09. The Kier molecular flexibility index (Phi) is 5.38. The zero-order valence-corrected chi connectivity index (χ0v) is 16.6. The van der Waals surface area contributed by atoms with Gasteiger partial charge in [-0.25, -0.2) is 0 Å². The molecule has 2 aromatic heterocycles. The van der Waals surface area contributed by atoms with Crippen LogP contribution in [-0.2, 0) is 0 Å². The molecule has 2 heterocycles. The lowest BCUT2D eigenvalue weighted by molar-refractivity contribution is 0.220. The van der Waals surface area contributed by atoms with Gasteiger partial charge in [-0.05, 0) is 48.5 Å². The van der Waals surface area contributed by atoms with E-state index in [-0.39, 0.29) is 0 Å². The number of aliphatic hydroxyl groups excluding tert-OH is 1. The number of aliphatic hydroxyl groups is 1. The van der Waals surface area contributed by atoms with Crippen molar-refractivity contribution in [1.82, 2.24) is 10.1 Å². The van der Waals surface area contributed by atoms with Crippen molar-refractivity contribution in [3.05, 3.63) is 93.2 Å². The first-order valence-electron chi connectivity index (χ1n) is 8.33. The zero-order valence-electron chi connectivity index (χ0n) is 14.3. The molecule has 0 amide bonds. The Balaban J connectivity index is 1.93. The molecule has 1 unspecified atom stereocenters. The van der Waals surface area contributed by atoms with E-state index in [9.17, 15) is 5.11 Å². The average molecular weight is 432 g/mol. The Hall–Kier alpha value is -2.37. The standard InChI is InChI=1S/C21H13Cl3N2O2/c22-14-5-3-12(4-6-14)21-18(20(27)13-2-1-9-25-11-13)19(26-28-21)16-8-7-15(23)10-17(16)24/h1-11,20,27H. The van der Waals surface area contributed by atoms with Crippen molar-refractivity contribution in [1.29, 1.82) is 0 Å². The van der Waals surface area contributed by atoms with Crippen molar-refractivity contribution in [3.63, 3.8) is 0 Å². The monoisotopic (exact) mass is 430 g/mol. The first-order valence-corrected chi connectivity index (χ1v) is 9.47. The van der Waals surface area contributed by atoms with Crippen molar-refractivity contribution in [2.45, 2.75) is 6.10 Å². The summed E-state index contributed by atoms with van der Waals surface area (Å²) in [6, 6.07) is 15.7. The van der Waals surface area contributed by atoms with Crippen molar-refractivity contribution >= 4 is 34.8 Å². The molecule has 4 aromatic rings. The summed E-state index contributed by atoms with van der Waals surface area (Å²) in [5, 5.41) is 16.8. The number of benzene rings is 2. The third kappa shape index (κ3) is 3.64. The van der Waals surface area contributed by atoms with Gasteiger partial charge in [-0.1, -0.05) is 46.0 Å². The highest BCUT2D eigenvalue weighted by Crippen LogP contribution is 2.41. The van der Waals surface area contributed by atoms with Gasteiger partial charge in [0.15, 0.2) is 5.76 Å². The fourth-order valence-electron chi connectivity index (χ4n) is 2.94. The molecule has 2 aromatic carbocycles. The summed E-state index contributed by atoms with van der Waals surface area (Å²) in [7, 11) is 0. The van der Waals surface area contributed by atoms with Crippen LogP contribution >= 0.6 is 34.8 Å². The minimum atomic E-state index is -1.02. The van der Waals surface area contributed by atoms with Crippen LogP contribution in [0.25, 0.3) is 22.6 Å². The van der Waals surface area contributed by atoms with E-state index in [4.69, 9.17) is 39.3 Å². The molecule has 0 aliphatic heterocycles. The van der Waals surface area contributed by atoms with Gasteiger partial charge in [0, 0.05) is 39.1 Å². The van der Waals surface area contributed by atoms with Gasteiger partial charge in [-0.2, -0.15) is 0 Å². The van der Waals surface area contributed by atoms with E-state index in [1.807, 2.05) is 0 Å². The molecule has 0 aliphatic carbocycles. The summed E-state index contributed by atoms with van der Waals surface area (Å²) in [5.41, 5.74) is 2.86. The van der Waals surface area contributed by atoms with Crippen LogP contribution in [0.5, 0.6) is 0 Å². The summed E-state index contributed by atoms with van der Waals surface area (Å²) in [6.45, 7) is 0. The molecule has 0 saturated carbocycles. The summed E-state index contributed by atoms with van der Waals surface area (Å²) in [6.07, 6.45) is 2.21. The molecule has 140 valence electrons. The lowest BCUT2D eigenvalue weighted by Crippen LogP contribution is -2.03. The summed E-state index contributed by atoms with van der Waals surface area (Å²) in [4.78, 5) is 4.09. The molecule has 4 nitrogen and oxygen atoms in total. The van der Waals surface area contributed by atoms with Gasteiger partial charge in [0.05, 0.1) is 10.6 Å². The number of nitrogens with zero attached hydrogens (tertiary/aromatic N) is 2. The van der Waals surface area contributed by atoms with Crippen LogP contribution in [0, 0.1) is 0 Å². The van der Waals surface area contributed by atoms with Crippen LogP contribution in [0.2, 0.25) is 15.1 Å². The fraction of sp³-hybridized carbons (Fsp3) is 0.0476. The second-order valence-electron chi connectivity index (χ2n) is 6.09. The van der Waals surface area contributed by atoms with Crippen LogP contribution in [0.15, 0.2) is 71.5 Å². The van der Waals surface area contributed by atoms with E-state index in [1.165, 1.54) is 0 Å². The van der Waals surface area contributed by atoms with Crippen molar-refractivity contribution < 1.29 is 9.63 Å². The molecule has 1 N–H and O–H groups in total. The lowest BCUT2D eigenvalue weighted by Gasteiger charge is -2.13. The largest absolute Gasteiger partial charge is 0.383 e. The second kappa shape index (κ2) is 7.94. The van der Waals surface area contributed by atoms with E-state index >= 15 is 0 Å². The predicted octanol–water partition coefficient (Wildman–Crippen LogP) is 6.45. The van der Waals surface area contributed by atoms with Gasteiger partial charge >= 0.3 is 0 Å². The molecular formula is C21H13Cl3N2O2. The van der Waals surface area contributed by atoms with Gasteiger partial charge in [-0.3, -0.25) is 4.98 Å². The molecule has 0 spiro atoms. The summed E-state index contributed by atoms with van der Waals surface area (Å²) >= 11 is 18.4. The van der Waals surface area contributed by atoms with Crippen molar-refractivity contribution in [2.75, 3.05) is 0 Å². The van der Waals surface area contributed by atoms with E-state index in [1.54, 1.807) is 67.0 Å². The van der Waals surface area contributed by atoms with Crippen molar-refractivity contribution in [2.24, 2.45) is 0 Å². The Labute approximate surface area is 176 Å². The minimum absolute atomic E-state index is 0.406. The van der Waals surface area contributed by atoms with E-state index in [2.05, 4.69) is 10.1 Å². The van der Waals surface area contributed by atoms with Crippen molar-refractivity contribution in [3.8, 4) is 22.6 Å². The number of hydrogen-bond donors (Lipinski definition) is 1. The van der Waals surface area contributed by atoms with Gasteiger partial charge < -0.3 is 9.63 Å². The van der Waals surface area contributed by atoms with Gasteiger partial charge in [0.2, 0.25) is 0 Å². The molecule has 0 fully saturated rings. The number of pyridine rings is 1. The Morgan fingerprint density at radius 3 is 2.36 bits per heavy atom. The van der Waals surface area contributed by atoms with Crippen LogP contribution in [-0.4, -0.2) is 15.2 Å². The number of hydrogen-bond acceptors (Lipinski definition) is 4. The molecule has 7 heteroatoms. The Morgan fingerprint density at radius 2 is 1.68 bits per heavy atom. The lowest BCUT2D eigenvalue weighted by atomic mass is 9.95. The van der Waals surface area contributed by atoms with Crippen LogP contribution in [0.4, 0.5) is 0 Å². The van der Waals surface area contributed by atoms with Crippen LogP contribution in [0.1, 0.15) is 17.2 Å². The maximum absolute atomic E-state index is 11.1. The quantitative estimate of drug-likeness (QED) is 0.403. The highest BCUT2D eigenvalue weighted by molar-refractivity contribution is 6.36. The van der Waals surface area contributed by atoms with Gasteiger partial charge in [0.1, 0.15) is 11.8 Å². The molecule has 0 aliphatic rings. The number of halogens is 3. The van der Waals surface area contributed by atoms with Gasteiger partial charge in [0.25, 0.3) is 0 Å². The molecule has 0 saturated heterocycles. The van der Waals surface area contributed by atoms with Crippen LogP contribution < -0.4 is 0 Å². The predicted molar refractivity (Wildman–Crippen MR) is 111 cm³/mol. The summed E-state index contributed by atoms with van der Waals surface area (Å²) < 4.78 is 5.64. The Morgan fingerprint density at radius 1 is 0.929 bits per heavy atom. The zero-order chi connectivity index (χ0) is 19.7. The average Bonchev–Trinajstić information content (AvgIpc) is 3.13. The minimum Gasteiger partial charge on any atom is -0.383 e. The maximum Gasteiger partial charge on any atom is 0.173 e. The summed E-state index contributed by atoms with van der Waals surface area (Å²) in [5.74, 6) is 0.425. The topological polar surface area (TPSA) is 59.2 Å².